The third-order valence-corrected chi connectivity index (χ3v) is 3.12. The molecule has 1 aromatic carbocycles. The molecule has 0 saturated heterocycles. The van der Waals surface area contributed by atoms with E-state index in [1.807, 2.05) is 13.0 Å². The molecule has 2 rings (SSSR count). The van der Waals surface area contributed by atoms with Crippen molar-refractivity contribution < 1.29 is 4.39 Å². The molecule has 19 heavy (non-hydrogen) atoms. The van der Waals surface area contributed by atoms with Crippen LogP contribution < -0.4 is 5.32 Å². The Morgan fingerprint density at radius 1 is 1.21 bits per heavy atom. The molecule has 0 atom stereocenters. The molecule has 2 nitrogen and oxygen atoms in total. The summed E-state index contributed by atoms with van der Waals surface area (Å²) in [5.74, 6) is -0.274. The highest BCUT2D eigenvalue weighted by Gasteiger charge is 2.08. The zero-order valence-corrected chi connectivity index (χ0v) is 11.4. The first-order valence-electron chi connectivity index (χ1n) is 6.62. The normalized spacial score (nSPS) is 10.7. The molecule has 1 N–H and O–H groups in total. The summed E-state index contributed by atoms with van der Waals surface area (Å²) in [4.78, 5) is 3.80. The zero-order valence-electron chi connectivity index (χ0n) is 11.4. The Kier molecular flexibility index (Phi) is 4.63. The Hall–Kier alpha value is -1.74. The number of hydrogen-bond donors (Lipinski definition) is 1. The summed E-state index contributed by atoms with van der Waals surface area (Å²) in [6.45, 7) is 5.94. The number of benzene rings is 1. The van der Waals surface area contributed by atoms with Crippen LogP contribution in [0.15, 0.2) is 36.7 Å². The van der Waals surface area contributed by atoms with Crippen molar-refractivity contribution in [3.8, 4) is 11.1 Å². The van der Waals surface area contributed by atoms with Crippen LogP contribution in [0.3, 0.4) is 0 Å². The van der Waals surface area contributed by atoms with Crippen molar-refractivity contribution in [1.29, 1.82) is 0 Å². The van der Waals surface area contributed by atoms with E-state index in [9.17, 15) is 4.39 Å². The van der Waals surface area contributed by atoms with E-state index in [0.29, 0.717) is 5.56 Å². The van der Waals surface area contributed by atoms with Gasteiger partial charge in [0.05, 0.1) is 6.20 Å². The first kappa shape index (κ1) is 13.7. The minimum atomic E-state index is -0.274. The van der Waals surface area contributed by atoms with Crippen molar-refractivity contribution in [2.45, 2.75) is 26.8 Å². The van der Waals surface area contributed by atoms with Gasteiger partial charge in [0, 0.05) is 18.3 Å². The van der Waals surface area contributed by atoms with Gasteiger partial charge in [0.1, 0.15) is 5.82 Å². The molecule has 0 aliphatic rings. The number of aromatic nitrogens is 1. The maximum Gasteiger partial charge on any atom is 0.149 e. The van der Waals surface area contributed by atoms with Crippen LogP contribution in [0.5, 0.6) is 0 Å². The number of nitrogens with zero attached hydrogens (tertiary/aromatic N) is 1. The lowest BCUT2D eigenvalue weighted by Crippen LogP contribution is -2.13. The molecule has 0 radical (unpaired) electrons. The molecule has 100 valence electrons. The van der Waals surface area contributed by atoms with Crippen molar-refractivity contribution in [1.82, 2.24) is 10.3 Å². The van der Waals surface area contributed by atoms with Gasteiger partial charge >= 0.3 is 0 Å². The smallest absolute Gasteiger partial charge is 0.149 e. The summed E-state index contributed by atoms with van der Waals surface area (Å²) in [7, 11) is 0. The van der Waals surface area contributed by atoms with Crippen LogP contribution in [-0.2, 0) is 6.54 Å². The first-order valence-corrected chi connectivity index (χ1v) is 6.62. The number of aryl methyl sites for hydroxylation is 1. The lowest BCUT2D eigenvalue weighted by Gasteiger charge is -2.10. The molecule has 0 amide bonds. The van der Waals surface area contributed by atoms with Crippen LogP contribution >= 0.6 is 0 Å². The lowest BCUT2D eigenvalue weighted by molar-refractivity contribution is 0.625. The predicted molar refractivity (Wildman–Crippen MR) is 76.4 cm³/mol. The fourth-order valence-electron chi connectivity index (χ4n) is 2.07. The van der Waals surface area contributed by atoms with Crippen LogP contribution in [0.4, 0.5) is 4.39 Å². The fraction of sp³-hybridized carbons (Fsp3) is 0.312. The SMILES string of the molecule is CCCNCc1ccc(C)c(-c2ccncc2F)c1. The van der Waals surface area contributed by atoms with Crippen LogP contribution in [0, 0.1) is 12.7 Å². The second kappa shape index (κ2) is 6.43. The van der Waals surface area contributed by atoms with Gasteiger partial charge in [0.15, 0.2) is 0 Å². The van der Waals surface area contributed by atoms with E-state index < -0.39 is 0 Å². The maximum atomic E-state index is 13.8. The highest BCUT2D eigenvalue weighted by molar-refractivity contribution is 5.68. The molecule has 0 spiro atoms. The number of halogens is 1. The highest BCUT2D eigenvalue weighted by atomic mass is 19.1. The van der Waals surface area contributed by atoms with Crippen molar-refractivity contribution in [2.24, 2.45) is 0 Å². The largest absolute Gasteiger partial charge is 0.313 e. The minimum Gasteiger partial charge on any atom is -0.313 e. The van der Waals surface area contributed by atoms with Gasteiger partial charge in [0.2, 0.25) is 0 Å². The number of hydrogen-bond acceptors (Lipinski definition) is 2. The fourth-order valence-corrected chi connectivity index (χ4v) is 2.07. The molecule has 0 fully saturated rings. The minimum absolute atomic E-state index is 0.274. The van der Waals surface area contributed by atoms with E-state index in [0.717, 1.165) is 30.6 Å². The Morgan fingerprint density at radius 2 is 2.05 bits per heavy atom. The number of nitrogens with one attached hydrogen (secondary N) is 1. The zero-order chi connectivity index (χ0) is 13.7. The lowest BCUT2D eigenvalue weighted by atomic mass is 9.98. The van der Waals surface area contributed by atoms with Crippen molar-refractivity contribution >= 4 is 0 Å². The van der Waals surface area contributed by atoms with Crippen LogP contribution in [-0.4, -0.2) is 11.5 Å². The second-order valence-electron chi connectivity index (χ2n) is 4.68. The van der Waals surface area contributed by atoms with E-state index in [-0.39, 0.29) is 5.82 Å². The molecule has 3 heteroatoms. The van der Waals surface area contributed by atoms with Gasteiger partial charge in [-0.25, -0.2) is 4.39 Å². The summed E-state index contributed by atoms with van der Waals surface area (Å²) >= 11 is 0. The summed E-state index contributed by atoms with van der Waals surface area (Å²) in [6, 6.07) is 7.90. The van der Waals surface area contributed by atoms with Gasteiger partial charge in [-0.15, -0.1) is 0 Å². The Balaban J connectivity index is 2.30. The summed E-state index contributed by atoms with van der Waals surface area (Å²) in [5, 5.41) is 3.36. The van der Waals surface area contributed by atoms with Gasteiger partial charge in [0.25, 0.3) is 0 Å². The standard InChI is InChI=1S/C16H19FN2/c1-3-7-18-10-13-5-4-12(2)15(9-13)14-6-8-19-11-16(14)17/h4-6,8-9,11,18H,3,7,10H2,1-2H3. The summed E-state index contributed by atoms with van der Waals surface area (Å²) in [5.41, 5.74) is 3.80. The van der Waals surface area contributed by atoms with Crippen molar-refractivity contribution in [3.63, 3.8) is 0 Å². The van der Waals surface area contributed by atoms with E-state index in [4.69, 9.17) is 0 Å². The molecule has 0 bridgehead atoms. The molecule has 0 saturated carbocycles. The topological polar surface area (TPSA) is 24.9 Å². The number of pyridine rings is 1. The molecular formula is C16H19FN2. The maximum absolute atomic E-state index is 13.8. The summed E-state index contributed by atoms with van der Waals surface area (Å²) < 4.78 is 13.8. The number of rotatable bonds is 5. The van der Waals surface area contributed by atoms with E-state index in [1.54, 1.807) is 12.3 Å². The third kappa shape index (κ3) is 3.38. The van der Waals surface area contributed by atoms with Crippen molar-refractivity contribution in [3.05, 3.63) is 53.6 Å². The van der Waals surface area contributed by atoms with Gasteiger partial charge in [-0.1, -0.05) is 19.1 Å². The van der Waals surface area contributed by atoms with E-state index in [2.05, 4.69) is 29.4 Å². The molecule has 1 heterocycles. The Morgan fingerprint density at radius 3 is 2.79 bits per heavy atom. The average Bonchev–Trinajstić information content (AvgIpc) is 2.42. The summed E-state index contributed by atoms with van der Waals surface area (Å²) in [6.07, 6.45) is 3.99. The van der Waals surface area contributed by atoms with Crippen LogP contribution in [0.2, 0.25) is 0 Å². The molecule has 0 aliphatic heterocycles. The van der Waals surface area contributed by atoms with Gasteiger partial charge in [-0.05, 0) is 48.7 Å². The first-order chi connectivity index (χ1) is 9.22. The second-order valence-corrected chi connectivity index (χ2v) is 4.68. The Bertz CT molecular complexity index is 552. The van der Waals surface area contributed by atoms with Crippen LogP contribution in [0.1, 0.15) is 24.5 Å². The third-order valence-electron chi connectivity index (χ3n) is 3.12. The molecule has 0 aliphatic carbocycles. The average molecular weight is 258 g/mol. The van der Waals surface area contributed by atoms with Gasteiger partial charge in [-0.3, -0.25) is 4.98 Å². The van der Waals surface area contributed by atoms with E-state index >= 15 is 0 Å². The van der Waals surface area contributed by atoms with Crippen molar-refractivity contribution in [2.75, 3.05) is 6.54 Å². The van der Waals surface area contributed by atoms with E-state index in [1.165, 1.54) is 11.8 Å². The predicted octanol–water partition coefficient (Wildman–Crippen LogP) is 3.70. The molecule has 2 aromatic rings. The Labute approximate surface area is 113 Å². The van der Waals surface area contributed by atoms with Gasteiger partial charge in [-0.2, -0.15) is 0 Å². The monoisotopic (exact) mass is 258 g/mol. The van der Waals surface area contributed by atoms with Gasteiger partial charge < -0.3 is 5.32 Å². The molecule has 1 aromatic heterocycles. The quantitative estimate of drug-likeness (QED) is 0.827. The van der Waals surface area contributed by atoms with Crippen LogP contribution in [0.25, 0.3) is 11.1 Å². The highest BCUT2D eigenvalue weighted by Crippen LogP contribution is 2.26. The molecule has 0 unspecified atom stereocenters. The molecular weight excluding hydrogens is 239 g/mol.